The largest absolute Gasteiger partial charge is 0.379 e. The predicted octanol–water partition coefficient (Wildman–Crippen LogP) is 0.897. The number of hydrogen-bond acceptors (Lipinski definition) is 4. The maximum atomic E-state index is 12.7. The summed E-state index contributed by atoms with van der Waals surface area (Å²) in [5.41, 5.74) is 0. The molecular formula is C16H31N3O2. The highest BCUT2D eigenvalue weighted by molar-refractivity contribution is 5.78. The van der Waals surface area contributed by atoms with Crippen molar-refractivity contribution in [2.24, 2.45) is 5.92 Å². The highest BCUT2D eigenvalue weighted by Crippen LogP contribution is 2.12. The fourth-order valence-electron chi connectivity index (χ4n) is 3.24. The van der Waals surface area contributed by atoms with E-state index in [4.69, 9.17) is 4.74 Å². The van der Waals surface area contributed by atoms with Gasteiger partial charge in [-0.15, -0.1) is 0 Å². The van der Waals surface area contributed by atoms with Crippen LogP contribution >= 0.6 is 0 Å². The normalized spacial score (nSPS) is 24.1. The summed E-state index contributed by atoms with van der Waals surface area (Å²) in [5, 5.41) is 0. The number of nitrogens with zero attached hydrogens (tertiary/aromatic N) is 3. The molecule has 0 aromatic rings. The van der Waals surface area contributed by atoms with Crippen LogP contribution in [-0.2, 0) is 9.53 Å². The van der Waals surface area contributed by atoms with E-state index in [-0.39, 0.29) is 5.92 Å². The van der Waals surface area contributed by atoms with Crippen LogP contribution in [0.4, 0.5) is 0 Å². The molecule has 2 aliphatic heterocycles. The highest BCUT2D eigenvalue weighted by Gasteiger charge is 2.25. The van der Waals surface area contributed by atoms with Crippen molar-refractivity contribution in [3.63, 3.8) is 0 Å². The molecule has 0 aliphatic carbocycles. The van der Waals surface area contributed by atoms with Gasteiger partial charge in [-0.3, -0.25) is 14.6 Å². The molecular weight excluding hydrogens is 266 g/mol. The second kappa shape index (κ2) is 8.11. The van der Waals surface area contributed by atoms with Crippen molar-refractivity contribution in [2.45, 2.75) is 33.2 Å². The Morgan fingerprint density at radius 1 is 1.00 bits per heavy atom. The van der Waals surface area contributed by atoms with E-state index in [2.05, 4.69) is 35.5 Å². The second-order valence-electron chi connectivity index (χ2n) is 6.62. The molecule has 122 valence electrons. The average molecular weight is 297 g/mol. The van der Waals surface area contributed by atoms with Crippen molar-refractivity contribution < 1.29 is 9.53 Å². The van der Waals surface area contributed by atoms with Crippen LogP contribution in [-0.4, -0.2) is 85.7 Å². The van der Waals surface area contributed by atoms with Gasteiger partial charge in [0.2, 0.25) is 5.91 Å². The smallest absolute Gasteiger partial charge is 0.226 e. The third-order valence-electron chi connectivity index (χ3n) is 4.63. The summed E-state index contributed by atoms with van der Waals surface area (Å²) < 4.78 is 5.37. The van der Waals surface area contributed by atoms with Gasteiger partial charge in [-0.25, -0.2) is 0 Å². The Hall–Kier alpha value is -0.650. The van der Waals surface area contributed by atoms with Gasteiger partial charge in [-0.1, -0.05) is 6.92 Å². The topological polar surface area (TPSA) is 36.0 Å². The monoisotopic (exact) mass is 297 g/mol. The molecule has 5 heteroatoms. The molecule has 1 atom stereocenters. The summed E-state index contributed by atoms with van der Waals surface area (Å²) in [6.45, 7) is 14.8. The van der Waals surface area contributed by atoms with E-state index in [1.54, 1.807) is 0 Å². The van der Waals surface area contributed by atoms with E-state index in [0.717, 1.165) is 65.4 Å². The van der Waals surface area contributed by atoms with Gasteiger partial charge in [0, 0.05) is 57.8 Å². The molecule has 0 bridgehead atoms. The molecule has 2 fully saturated rings. The van der Waals surface area contributed by atoms with Crippen LogP contribution in [0.2, 0.25) is 0 Å². The van der Waals surface area contributed by atoms with Crippen molar-refractivity contribution in [1.29, 1.82) is 0 Å². The van der Waals surface area contributed by atoms with E-state index in [1.807, 2.05) is 0 Å². The fraction of sp³-hybridized carbons (Fsp3) is 0.938. The molecule has 0 radical (unpaired) electrons. The Kier molecular flexibility index (Phi) is 6.45. The van der Waals surface area contributed by atoms with Gasteiger partial charge in [0.15, 0.2) is 0 Å². The summed E-state index contributed by atoms with van der Waals surface area (Å²) in [6, 6.07) is 0.575. The lowest BCUT2D eigenvalue weighted by Crippen LogP contribution is -2.45. The molecule has 2 aliphatic rings. The average Bonchev–Trinajstić information content (AvgIpc) is 2.73. The van der Waals surface area contributed by atoms with E-state index in [9.17, 15) is 4.79 Å². The number of carbonyl (C=O) groups is 1. The summed E-state index contributed by atoms with van der Waals surface area (Å²) in [6.07, 6.45) is 1.09. The fourth-order valence-corrected chi connectivity index (χ4v) is 3.24. The molecule has 21 heavy (non-hydrogen) atoms. The maximum absolute atomic E-state index is 12.7. The Bertz CT molecular complexity index is 329. The zero-order chi connectivity index (χ0) is 15.2. The van der Waals surface area contributed by atoms with Gasteiger partial charge in [0.05, 0.1) is 13.2 Å². The molecule has 0 aromatic heterocycles. The number of amides is 1. The first kappa shape index (κ1) is 16.7. The number of hydrogen-bond donors (Lipinski definition) is 0. The van der Waals surface area contributed by atoms with E-state index < -0.39 is 0 Å². The SMILES string of the molecule is CC(C)N1CCCN(C(=O)[C@@H](C)CN2CCOCC2)CC1. The number of ether oxygens (including phenoxy) is 1. The molecule has 2 heterocycles. The van der Waals surface area contributed by atoms with Crippen LogP contribution in [0.5, 0.6) is 0 Å². The minimum atomic E-state index is 0.0914. The van der Waals surface area contributed by atoms with Crippen molar-refractivity contribution in [3.8, 4) is 0 Å². The van der Waals surface area contributed by atoms with Crippen molar-refractivity contribution in [1.82, 2.24) is 14.7 Å². The van der Waals surface area contributed by atoms with Crippen LogP contribution in [0, 0.1) is 5.92 Å². The van der Waals surface area contributed by atoms with E-state index in [0.29, 0.717) is 11.9 Å². The number of carbonyl (C=O) groups excluding carboxylic acids is 1. The minimum absolute atomic E-state index is 0.0914. The highest BCUT2D eigenvalue weighted by atomic mass is 16.5. The molecule has 1 amide bonds. The molecule has 2 rings (SSSR count). The van der Waals surface area contributed by atoms with Gasteiger partial charge in [-0.2, -0.15) is 0 Å². The second-order valence-corrected chi connectivity index (χ2v) is 6.62. The minimum Gasteiger partial charge on any atom is -0.379 e. The van der Waals surface area contributed by atoms with Crippen molar-refractivity contribution in [3.05, 3.63) is 0 Å². The first-order valence-electron chi connectivity index (χ1n) is 8.41. The Morgan fingerprint density at radius 2 is 1.71 bits per heavy atom. The van der Waals surface area contributed by atoms with Gasteiger partial charge in [0.1, 0.15) is 0 Å². The first-order chi connectivity index (χ1) is 10.1. The summed E-state index contributed by atoms with van der Waals surface area (Å²) in [7, 11) is 0. The Morgan fingerprint density at radius 3 is 2.38 bits per heavy atom. The van der Waals surface area contributed by atoms with Crippen LogP contribution in [0.25, 0.3) is 0 Å². The standard InChI is InChI=1S/C16H31N3O2/c1-14(2)18-5-4-6-19(8-7-18)16(20)15(3)13-17-9-11-21-12-10-17/h14-15H,4-13H2,1-3H3/t15-/m0/s1. The maximum Gasteiger partial charge on any atom is 0.226 e. The van der Waals surface area contributed by atoms with Crippen LogP contribution in [0.15, 0.2) is 0 Å². The predicted molar refractivity (Wildman–Crippen MR) is 84.3 cm³/mol. The summed E-state index contributed by atoms with van der Waals surface area (Å²) in [4.78, 5) is 19.6. The van der Waals surface area contributed by atoms with Crippen LogP contribution < -0.4 is 0 Å². The van der Waals surface area contributed by atoms with Gasteiger partial charge < -0.3 is 9.64 Å². The molecule has 0 unspecified atom stereocenters. The van der Waals surface area contributed by atoms with Gasteiger partial charge >= 0.3 is 0 Å². The van der Waals surface area contributed by atoms with Crippen molar-refractivity contribution in [2.75, 3.05) is 59.0 Å². The molecule has 2 saturated heterocycles. The Labute approximate surface area is 129 Å². The zero-order valence-corrected chi connectivity index (χ0v) is 13.9. The Balaban J connectivity index is 1.81. The van der Waals surface area contributed by atoms with E-state index in [1.165, 1.54) is 0 Å². The number of rotatable bonds is 4. The molecule has 0 aromatic carbocycles. The van der Waals surface area contributed by atoms with Crippen LogP contribution in [0.3, 0.4) is 0 Å². The van der Waals surface area contributed by atoms with Crippen LogP contribution in [0.1, 0.15) is 27.2 Å². The lowest BCUT2D eigenvalue weighted by molar-refractivity contribution is -0.135. The van der Waals surface area contributed by atoms with Crippen molar-refractivity contribution >= 4 is 5.91 Å². The lowest BCUT2D eigenvalue weighted by atomic mass is 10.1. The first-order valence-corrected chi connectivity index (χ1v) is 8.41. The summed E-state index contributed by atoms with van der Waals surface area (Å²) >= 11 is 0. The third kappa shape index (κ3) is 4.94. The molecule has 0 spiro atoms. The van der Waals surface area contributed by atoms with Gasteiger partial charge in [0.25, 0.3) is 0 Å². The van der Waals surface area contributed by atoms with Gasteiger partial charge in [-0.05, 0) is 20.3 Å². The zero-order valence-electron chi connectivity index (χ0n) is 13.9. The molecule has 0 saturated carbocycles. The van der Waals surface area contributed by atoms with E-state index >= 15 is 0 Å². The lowest BCUT2D eigenvalue weighted by Gasteiger charge is -2.31. The quantitative estimate of drug-likeness (QED) is 0.772. The number of morpholine rings is 1. The third-order valence-corrected chi connectivity index (χ3v) is 4.63. The molecule has 0 N–H and O–H groups in total. The summed E-state index contributed by atoms with van der Waals surface area (Å²) in [5.74, 6) is 0.417. The molecule has 5 nitrogen and oxygen atoms in total.